The fourth-order valence-corrected chi connectivity index (χ4v) is 6.24. The molecule has 5 rings (SSSR count). The molecule has 0 radical (unpaired) electrons. The predicted octanol–water partition coefficient (Wildman–Crippen LogP) is 3.98. The van der Waals surface area contributed by atoms with Crippen LogP contribution in [0, 0.1) is 0 Å². The third-order valence-corrected chi connectivity index (χ3v) is 8.65. The Kier molecular flexibility index (Phi) is 8.42. The molecule has 3 N–H and O–H groups in total. The minimum absolute atomic E-state index is 0.0158. The molecule has 0 saturated carbocycles. The van der Waals surface area contributed by atoms with Gasteiger partial charge in [0.25, 0.3) is 10.0 Å². The van der Waals surface area contributed by atoms with Gasteiger partial charge in [0.15, 0.2) is 6.29 Å². The van der Waals surface area contributed by atoms with Crippen LogP contribution in [0.1, 0.15) is 48.3 Å². The maximum absolute atomic E-state index is 12.7. The van der Waals surface area contributed by atoms with Crippen molar-refractivity contribution in [3.8, 4) is 0 Å². The molecule has 0 bridgehead atoms. The van der Waals surface area contributed by atoms with E-state index in [1.165, 1.54) is 0 Å². The fourth-order valence-electron chi connectivity index (χ4n) is 5.16. The summed E-state index contributed by atoms with van der Waals surface area (Å²) in [7, 11) is -3.69. The number of sulfonamides is 1. The summed E-state index contributed by atoms with van der Waals surface area (Å²) >= 11 is 0. The van der Waals surface area contributed by atoms with E-state index in [1.807, 2.05) is 36.4 Å². The molecule has 0 aliphatic carbocycles. The summed E-state index contributed by atoms with van der Waals surface area (Å²) < 4.78 is 40.8. The largest absolute Gasteiger partial charge is 0.395 e. The lowest BCUT2D eigenvalue weighted by molar-refractivity contribution is -0.253. The molecule has 2 saturated heterocycles. The van der Waals surface area contributed by atoms with Crippen molar-refractivity contribution in [2.75, 3.05) is 24.4 Å². The summed E-state index contributed by atoms with van der Waals surface area (Å²) in [6, 6.07) is 23.2. The number of anilines is 1. The zero-order valence-electron chi connectivity index (χ0n) is 21.1. The first kappa shape index (κ1) is 26.8. The van der Waals surface area contributed by atoms with Crippen molar-refractivity contribution in [2.45, 2.75) is 55.3 Å². The molecule has 2 aliphatic rings. The Morgan fingerprint density at radius 3 is 2.29 bits per heavy atom. The van der Waals surface area contributed by atoms with Crippen LogP contribution in [0.3, 0.4) is 0 Å². The van der Waals surface area contributed by atoms with Gasteiger partial charge in [0.1, 0.15) is 0 Å². The molecule has 0 aromatic heterocycles. The van der Waals surface area contributed by atoms with E-state index in [4.69, 9.17) is 9.47 Å². The summed E-state index contributed by atoms with van der Waals surface area (Å²) in [6.45, 7) is 1.76. The van der Waals surface area contributed by atoms with Gasteiger partial charge in [0, 0.05) is 30.3 Å². The maximum Gasteiger partial charge on any atom is 0.261 e. The molecule has 3 aromatic carbocycles. The smallest absolute Gasteiger partial charge is 0.261 e. The standard InChI is InChI=1S/C29H34N2O6S/c32-19-21-8-10-22(11-9-21)28-17-26(18-31-16-4-5-25(31)20-33)36-29(37-28)23-12-14-24(15-13-23)30-38(34,35)27-6-2-1-3-7-27/h1-3,6-15,25-26,28-30,32-33H,4-5,16-20H2/t25-,26-,28+,29+/m0/s1. The molecule has 2 aliphatic heterocycles. The molecule has 202 valence electrons. The molecule has 0 spiro atoms. The minimum Gasteiger partial charge on any atom is -0.395 e. The second kappa shape index (κ2) is 11.9. The van der Waals surface area contributed by atoms with E-state index >= 15 is 0 Å². The zero-order valence-corrected chi connectivity index (χ0v) is 22.0. The number of nitrogens with zero attached hydrogens (tertiary/aromatic N) is 1. The number of hydrogen-bond donors (Lipinski definition) is 3. The fraction of sp³-hybridized carbons (Fsp3) is 0.379. The molecule has 3 aromatic rings. The first-order valence-corrected chi connectivity index (χ1v) is 14.5. The highest BCUT2D eigenvalue weighted by Gasteiger charge is 2.35. The SMILES string of the molecule is O=S(=O)(Nc1ccc([C@@H]2O[C@H](CN3CCC[C@H]3CO)C[C@H](c3ccc(CO)cc3)O2)cc1)c1ccccc1. The molecule has 0 amide bonds. The molecule has 38 heavy (non-hydrogen) atoms. The number of rotatable bonds is 9. The van der Waals surface area contributed by atoms with Gasteiger partial charge in [0.2, 0.25) is 0 Å². The van der Waals surface area contributed by atoms with E-state index in [0.717, 1.165) is 36.1 Å². The van der Waals surface area contributed by atoms with Gasteiger partial charge in [-0.05, 0) is 54.8 Å². The number of hydrogen-bond acceptors (Lipinski definition) is 7. The van der Waals surface area contributed by atoms with Crippen LogP contribution in [-0.2, 0) is 26.1 Å². The molecule has 9 heteroatoms. The van der Waals surface area contributed by atoms with Crippen LogP contribution in [0.25, 0.3) is 0 Å². The van der Waals surface area contributed by atoms with Crippen molar-refractivity contribution in [3.63, 3.8) is 0 Å². The van der Waals surface area contributed by atoms with Crippen molar-refractivity contribution in [3.05, 3.63) is 95.6 Å². The topological polar surface area (TPSA) is 108 Å². The molecule has 8 nitrogen and oxygen atoms in total. The number of aliphatic hydroxyl groups is 2. The van der Waals surface area contributed by atoms with Crippen LogP contribution >= 0.6 is 0 Å². The first-order chi connectivity index (χ1) is 18.4. The number of nitrogens with one attached hydrogen (secondary N) is 1. The van der Waals surface area contributed by atoms with E-state index in [0.29, 0.717) is 18.7 Å². The average molecular weight is 539 g/mol. The molecule has 2 fully saturated rings. The Morgan fingerprint density at radius 1 is 0.895 bits per heavy atom. The quantitative estimate of drug-likeness (QED) is 0.378. The van der Waals surface area contributed by atoms with Gasteiger partial charge in [-0.15, -0.1) is 0 Å². The van der Waals surface area contributed by atoms with Gasteiger partial charge in [-0.2, -0.15) is 0 Å². The van der Waals surface area contributed by atoms with E-state index in [2.05, 4.69) is 9.62 Å². The number of ether oxygens (including phenoxy) is 2. The lowest BCUT2D eigenvalue weighted by Gasteiger charge is -2.38. The highest BCUT2D eigenvalue weighted by molar-refractivity contribution is 7.92. The maximum atomic E-state index is 12.7. The van der Waals surface area contributed by atoms with E-state index < -0.39 is 16.3 Å². The highest BCUT2D eigenvalue weighted by Crippen LogP contribution is 2.39. The number of likely N-dealkylation sites (tertiary alicyclic amines) is 1. The Labute approximate surface area is 223 Å². The second-order valence-corrected chi connectivity index (χ2v) is 11.5. The molecular formula is C29H34N2O6S. The molecule has 0 unspecified atom stereocenters. The summed E-state index contributed by atoms with van der Waals surface area (Å²) in [5.41, 5.74) is 3.08. The van der Waals surface area contributed by atoms with Gasteiger partial charge >= 0.3 is 0 Å². The van der Waals surface area contributed by atoms with Gasteiger partial charge in [-0.25, -0.2) is 8.42 Å². The average Bonchev–Trinajstić information content (AvgIpc) is 3.40. The summed E-state index contributed by atoms with van der Waals surface area (Å²) in [4.78, 5) is 2.49. The number of aliphatic hydroxyl groups excluding tert-OH is 2. The van der Waals surface area contributed by atoms with Crippen molar-refractivity contribution in [1.82, 2.24) is 4.90 Å². The van der Waals surface area contributed by atoms with Crippen LogP contribution in [0.15, 0.2) is 83.8 Å². The van der Waals surface area contributed by atoms with Crippen molar-refractivity contribution >= 4 is 15.7 Å². The molecular weight excluding hydrogens is 504 g/mol. The van der Waals surface area contributed by atoms with E-state index in [1.54, 1.807) is 42.5 Å². The van der Waals surface area contributed by atoms with Gasteiger partial charge in [-0.3, -0.25) is 9.62 Å². The summed E-state index contributed by atoms with van der Waals surface area (Å²) in [5.74, 6) is 0. The zero-order chi connectivity index (χ0) is 26.5. The third-order valence-electron chi connectivity index (χ3n) is 7.25. The predicted molar refractivity (Wildman–Crippen MR) is 144 cm³/mol. The lowest BCUT2D eigenvalue weighted by Crippen LogP contribution is -2.42. The van der Waals surface area contributed by atoms with Crippen LogP contribution in [-0.4, -0.2) is 55.4 Å². The highest BCUT2D eigenvalue weighted by atomic mass is 32.2. The molecule has 2 heterocycles. The Hall–Kier alpha value is -2.79. The van der Waals surface area contributed by atoms with Crippen LogP contribution < -0.4 is 4.72 Å². The summed E-state index contributed by atoms with van der Waals surface area (Å²) in [5, 5.41) is 19.2. The van der Waals surface area contributed by atoms with Gasteiger partial charge in [0.05, 0.1) is 30.3 Å². The van der Waals surface area contributed by atoms with Crippen LogP contribution in [0.2, 0.25) is 0 Å². The number of benzene rings is 3. The van der Waals surface area contributed by atoms with E-state index in [-0.39, 0.29) is 36.4 Å². The normalized spacial score (nSPS) is 24.4. The lowest BCUT2D eigenvalue weighted by atomic mass is 9.99. The van der Waals surface area contributed by atoms with Crippen molar-refractivity contribution in [2.24, 2.45) is 0 Å². The Morgan fingerprint density at radius 2 is 1.61 bits per heavy atom. The monoisotopic (exact) mass is 538 g/mol. The van der Waals surface area contributed by atoms with Crippen molar-refractivity contribution in [1.29, 1.82) is 0 Å². The first-order valence-electron chi connectivity index (χ1n) is 13.0. The van der Waals surface area contributed by atoms with Crippen LogP contribution in [0.5, 0.6) is 0 Å². The van der Waals surface area contributed by atoms with E-state index in [9.17, 15) is 18.6 Å². The minimum atomic E-state index is -3.69. The van der Waals surface area contributed by atoms with Gasteiger partial charge < -0.3 is 19.7 Å². The second-order valence-electron chi connectivity index (χ2n) is 9.86. The Bertz CT molecular complexity index is 1280. The van der Waals surface area contributed by atoms with Crippen LogP contribution in [0.4, 0.5) is 5.69 Å². The Balaban J connectivity index is 1.34. The third kappa shape index (κ3) is 6.26. The van der Waals surface area contributed by atoms with Gasteiger partial charge in [-0.1, -0.05) is 54.6 Å². The summed E-state index contributed by atoms with van der Waals surface area (Å²) in [6.07, 6.45) is 1.75. The van der Waals surface area contributed by atoms with Crippen molar-refractivity contribution < 1.29 is 28.1 Å². The molecule has 4 atom stereocenters.